The summed E-state index contributed by atoms with van der Waals surface area (Å²) in [6, 6.07) is 7.93. The van der Waals surface area contributed by atoms with Crippen molar-refractivity contribution in [2.45, 2.75) is 26.2 Å². The molecule has 0 saturated heterocycles. The highest BCUT2D eigenvalue weighted by atomic mass is 35.5. The molecule has 0 aliphatic heterocycles. The van der Waals surface area contributed by atoms with Gasteiger partial charge in [0.05, 0.1) is 10.0 Å². The van der Waals surface area contributed by atoms with E-state index in [1.165, 1.54) is 11.1 Å². The molecule has 5 heteroatoms. The van der Waals surface area contributed by atoms with Gasteiger partial charge in [0.1, 0.15) is 0 Å². The van der Waals surface area contributed by atoms with E-state index in [0.717, 1.165) is 32.4 Å². The Morgan fingerprint density at radius 2 is 1.20 bits per heavy atom. The average Bonchev–Trinajstić information content (AvgIpc) is 3.13. The lowest BCUT2D eigenvalue weighted by molar-refractivity contribution is 0.653. The number of rotatable bonds is 2. The topological polar surface area (TPSA) is 31.6 Å². The summed E-state index contributed by atoms with van der Waals surface area (Å²) in [6.45, 7) is 6.42. The van der Waals surface area contributed by atoms with Gasteiger partial charge < -0.3 is 9.97 Å². The van der Waals surface area contributed by atoms with Crippen LogP contribution < -0.4 is 0 Å². The van der Waals surface area contributed by atoms with Crippen molar-refractivity contribution in [3.8, 4) is 0 Å². The minimum atomic E-state index is -0.244. The van der Waals surface area contributed by atoms with Gasteiger partial charge >= 0.3 is 0 Å². The summed E-state index contributed by atoms with van der Waals surface area (Å²) >= 11 is 18.8. The van der Waals surface area contributed by atoms with Gasteiger partial charge in [-0.05, 0) is 47.9 Å². The molecule has 0 radical (unpaired) electrons. The number of aromatic nitrogens is 2. The second kappa shape index (κ2) is 5.70. The first-order valence-corrected chi connectivity index (χ1v) is 9.16. The Kier molecular flexibility index (Phi) is 3.84. The van der Waals surface area contributed by atoms with Gasteiger partial charge in [0, 0.05) is 44.6 Å². The Labute approximate surface area is 161 Å². The third-order valence-electron chi connectivity index (χ3n) is 5.03. The fourth-order valence-corrected chi connectivity index (χ4v) is 4.04. The fraction of sp³-hybridized carbons (Fsp3) is 0.200. The predicted octanol–water partition coefficient (Wildman–Crippen LogP) is 7.24. The van der Waals surface area contributed by atoms with Gasteiger partial charge in [-0.15, -0.1) is 0 Å². The van der Waals surface area contributed by atoms with E-state index >= 15 is 0 Å². The molecule has 2 aromatic heterocycles. The highest BCUT2D eigenvalue weighted by Crippen LogP contribution is 2.41. The molecule has 4 rings (SSSR count). The summed E-state index contributed by atoms with van der Waals surface area (Å²) in [4.78, 5) is 6.69. The highest BCUT2D eigenvalue weighted by molar-refractivity contribution is 6.42. The van der Waals surface area contributed by atoms with E-state index in [1.54, 1.807) is 0 Å². The van der Waals surface area contributed by atoms with Crippen LogP contribution in [0.25, 0.3) is 21.8 Å². The number of aromatic amines is 2. The number of hydrogen-bond acceptors (Lipinski definition) is 0. The number of halogens is 3. The van der Waals surface area contributed by atoms with Crippen LogP contribution in [0.1, 0.15) is 30.5 Å². The standard InChI is InChI=1S/C20H17Cl3N2/c1-10-4-18-11(5-15(10)21)13(8-24-18)20(2,3)14-9-25-19-7-17(23)16(22)6-12(14)19/h4-9,24-25H,1-3H3. The Hall–Kier alpha value is -1.61. The second-order valence-corrected chi connectivity index (χ2v) is 8.21. The first-order valence-electron chi connectivity index (χ1n) is 8.03. The number of benzene rings is 2. The maximum Gasteiger partial charge on any atom is 0.0613 e. The second-order valence-electron chi connectivity index (χ2n) is 6.99. The van der Waals surface area contributed by atoms with Gasteiger partial charge in [-0.25, -0.2) is 0 Å². The number of H-pyrrole nitrogens is 2. The molecule has 2 aromatic carbocycles. The van der Waals surface area contributed by atoms with E-state index < -0.39 is 0 Å². The van der Waals surface area contributed by atoms with E-state index in [0.29, 0.717) is 10.0 Å². The summed E-state index contributed by atoms with van der Waals surface area (Å²) in [5, 5.41) is 4.10. The SMILES string of the molecule is Cc1cc2[nH]cc(C(C)(C)c3c[nH]c4cc(Cl)c(Cl)cc34)c2cc1Cl. The molecule has 0 bridgehead atoms. The summed E-state index contributed by atoms with van der Waals surface area (Å²) in [5.41, 5.74) is 5.24. The molecule has 0 amide bonds. The molecule has 0 aliphatic rings. The van der Waals surface area contributed by atoms with Crippen molar-refractivity contribution >= 4 is 56.6 Å². The van der Waals surface area contributed by atoms with Gasteiger partial charge in [-0.3, -0.25) is 0 Å². The van der Waals surface area contributed by atoms with Crippen molar-refractivity contribution in [3.05, 3.63) is 68.4 Å². The average molecular weight is 392 g/mol. The van der Waals surface area contributed by atoms with Crippen molar-refractivity contribution in [2.24, 2.45) is 0 Å². The zero-order chi connectivity index (χ0) is 17.9. The van der Waals surface area contributed by atoms with Gasteiger partial charge in [-0.1, -0.05) is 48.7 Å². The Morgan fingerprint density at radius 1 is 0.720 bits per heavy atom. The maximum atomic E-state index is 6.37. The van der Waals surface area contributed by atoms with Crippen LogP contribution in [0.15, 0.2) is 36.7 Å². The molecule has 2 nitrogen and oxygen atoms in total. The van der Waals surface area contributed by atoms with Crippen molar-refractivity contribution in [2.75, 3.05) is 0 Å². The smallest absolute Gasteiger partial charge is 0.0613 e. The molecule has 4 aromatic rings. The molecule has 0 saturated carbocycles. The van der Waals surface area contributed by atoms with E-state index in [9.17, 15) is 0 Å². The van der Waals surface area contributed by atoms with Gasteiger partial charge in [0.2, 0.25) is 0 Å². The summed E-state index contributed by atoms with van der Waals surface area (Å²) in [6.07, 6.45) is 4.10. The summed E-state index contributed by atoms with van der Waals surface area (Å²) in [7, 11) is 0. The van der Waals surface area contributed by atoms with Crippen molar-refractivity contribution in [1.29, 1.82) is 0 Å². The van der Waals surface area contributed by atoms with Crippen LogP contribution in [0, 0.1) is 6.92 Å². The van der Waals surface area contributed by atoms with Gasteiger partial charge in [0.15, 0.2) is 0 Å². The molecule has 0 unspecified atom stereocenters. The van der Waals surface area contributed by atoms with Crippen LogP contribution in [0.2, 0.25) is 15.1 Å². The van der Waals surface area contributed by atoms with Crippen LogP contribution >= 0.6 is 34.8 Å². The van der Waals surface area contributed by atoms with Crippen molar-refractivity contribution < 1.29 is 0 Å². The minimum absolute atomic E-state index is 0.244. The molecule has 2 N–H and O–H groups in total. The molecule has 0 fully saturated rings. The quantitative estimate of drug-likeness (QED) is 0.361. The number of hydrogen-bond donors (Lipinski definition) is 2. The van der Waals surface area contributed by atoms with Crippen LogP contribution in [0.4, 0.5) is 0 Å². The number of aryl methyl sites for hydroxylation is 1. The summed E-state index contributed by atoms with van der Waals surface area (Å²) in [5.74, 6) is 0. The van der Waals surface area contributed by atoms with Gasteiger partial charge in [-0.2, -0.15) is 0 Å². The minimum Gasteiger partial charge on any atom is -0.361 e. The molecule has 0 spiro atoms. The highest BCUT2D eigenvalue weighted by Gasteiger charge is 2.29. The largest absolute Gasteiger partial charge is 0.361 e. The normalized spacial score (nSPS) is 12.4. The van der Waals surface area contributed by atoms with Crippen LogP contribution in [-0.4, -0.2) is 9.97 Å². The first kappa shape index (κ1) is 16.8. The Morgan fingerprint density at radius 3 is 1.80 bits per heavy atom. The molecule has 2 heterocycles. The third-order valence-corrected chi connectivity index (χ3v) is 6.16. The molecule has 0 atom stereocenters. The lowest BCUT2D eigenvalue weighted by Gasteiger charge is -2.24. The molecule has 25 heavy (non-hydrogen) atoms. The molecular weight excluding hydrogens is 375 g/mol. The van der Waals surface area contributed by atoms with E-state index in [2.05, 4.69) is 36.1 Å². The fourth-order valence-electron chi connectivity index (χ4n) is 3.55. The van der Waals surface area contributed by atoms with E-state index in [4.69, 9.17) is 34.8 Å². The predicted molar refractivity (Wildman–Crippen MR) is 108 cm³/mol. The first-order chi connectivity index (χ1) is 11.8. The number of nitrogens with one attached hydrogen (secondary N) is 2. The maximum absolute atomic E-state index is 6.37. The molecular formula is C20H17Cl3N2. The summed E-state index contributed by atoms with van der Waals surface area (Å²) < 4.78 is 0. The lowest BCUT2D eigenvalue weighted by atomic mass is 9.78. The third kappa shape index (κ3) is 2.55. The zero-order valence-corrected chi connectivity index (χ0v) is 16.4. The number of fused-ring (bicyclic) bond motifs is 2. The zero-order valence-electron chi connectivity index (χ0n) is 14.1. The Balaban J connectivity index is 1.96. The monoisotopic (exact) mass is 390 g/mol. The van der Waals surface area contributed by atoms with Crippen LogP contribution in [-0.2, 0) is 5.41 Å². The van der Waals surface area contributed by atoms with Gasteiger partial charge in [0.25, 0.3) is 0 Å². The van der Waals surface area contributed by atoms with Crippen molar-refractivity contribution in [1.82, 2.24) is 9.97 Å². The molecule has 0 aliphatic carbocycles. The Bertz CT molecular complexity index is 1030. The lowest BCUT2D eigenvalue weighted by Crippen LogP contribution is -2.18. The van der Waals surface area contributed by atoms with Crippen LogP contribution in [0.5, 0.6) is 0 Å². The van der Waals surface area contributed by atoms with E-state index in [-0.39, 0.29) is 5.41 Å². The van der Waals surface area contributed by atoms with E-state index in [1.807, 2.05) is 31.3 Å². The van der Waals surface area contributed by atoms with Crippen LogP contribution in [0.3, 0.4) is 0 Å². The van der Waals surface area contributed by atoms with Crippen molar-refractivity contribution in [3.63, 3.8) is 0 Å². The molecule has 128 valence electrons.